The highest BCUT2D eigenvalue weighted by molar-refractivity contribution is 5.95. The number of nitro benzene ring substituents is 2. The molecule has 0 spiro atoms. The second-order valence-electron chi connectivity index (χ2n) is 6.64. The molecule has 1 heterocycles. The summed E-state index contributed by atoms with van der Waals surface area (Å²) >= 11 is 0. The van der Waals surface area contributed by atoms with Gasteiger partial charge in [-0.25, -0.2) is 5.01 Å². The Labute approximate surface area is 170 Å². The van der Waals surface area contributed by atoms with Crippen LogP contribution >= 0.6 is 0 Å². The van der Waals surface area contributed by atoms with E-state index in [1.807, 2.05) is 0 Å². The summed E-state index contributed by atoms with van der Waals surface area (Å²) in [6.45, 7) is 2.85. The van der Waals surface area contributed by atoms with Crippen LogP contribution in [0.2, 0.25) is 0 Å². The Bertz CT molecular complexity index is 1080. The Morgan fingerprint density at radius 3 is 2.00 bits per heavy atom. The first-order valence-corrected chi connectivity index (χ1v) is 8.84. The largest absolute Gasteiger partial charge is 0.363 e. The maximum absolute atomic E-state index is 12.4. The van der Waals surface area contributed by atoms with Gasteiger partial charge in [-0.2, -0.15) is 0 Å². The van der Waals surface area contributed by atoms with Crippen molar-refractivity contribution in [2.45, 2.75) is 26.1 Å². The highest BCUT2D eigenvalue weighted by Crippen LogP contribution is 2.44. The molecule has 0 bridgehead atoms. The predicted octanol–water partition coefficient (Wildman–Crippen LogP) is 3.69. The quantitative estimate of drug-likeness (QED) is 0.430. The summed E-state index contributed by atoms with van der Waals surface area (Å²) in [7, 11) is 0. The third-order valence-corrected chi connectivity index (χ3v) is 4.89. The van der Waals surface area contributed by atoms with E-state index in [0.29, 0.717) is 5.70 Å². The zero-order chi connectivity index (χ0) is 22.0. The van der Waals surface area contributed by atoms with Crippen LogP contribution in [-0.4, -0.2) is 20.6 Å². The summed E-state index contributed by atoms with van der Waals surface area (Å²) in [4.78, 5) is 46.2. The number of ketones is 1. The van der Waals surface area contributed by atoms with Crippen molar-refractivity contribution in [1.82, 2.24) is 10.3 Å². The van der Waals surface area contributed by atoms with Crippen LogP contribution in [0.3, 0.4) is 0 Å². The fraction of sp³-hybridized carbons (Fsp3) is 0.211. The van der Waals surface area contributed by atoms with Gasteiger partial charge < -0.3 is 5.32 Å². The number of nitrogens with one attached hydrogen (secondary N) is 1. The number of nitrogens with zero attached hydrogens (tertiary/aromatic N) is 4. The van der Waals surface area contributed by atoms with Crippen LogP contribution in [-0.2, 0) is 4.79 Å². The van der Waals surface area contributed by atoms with E-state index >= 15 is 0 Å². The molecule has 2 atom stereocenters. The van der Waals surface area contributed by atoms with Gasteiger partial charge in [-0.15, -0.1) is 4.91 Å². The Balaban J connectivity index is 2.28. The van der Waals surface area contributed by atoms with Crippen molar-refractivity contribution < 1.29 is 14.6 Å². The molecule has 0 unspecified atom stereocenters. The fourth-order valence-corrected chi connectivity index (χ4v) is 3.67. The number of nitroso groups, excluding NO2 is 1. The Hall–Kier alpha value is -4.15. The first-order chi connectivity index (χ1) is 14.3. The number of carbonyl (C=O) groups is 1. The molecule has 11 nitrogen and oxygen atoms in total. The van der Waals surface area contributed by atoms with Crippen molar-refractivity contribution in [3.05, 3.63) is 96.1 Å². The number of para-hydroxylation sites is 2. The normalized spacial score (nSPS) is 18.5. The van der Waals surface area contributed by atoms with E-state index in [2.05, 4.69) is 10.6 Å². The minimum atomic E-state index is -1.20. The minimum absolute atomic E-state index is 0.0803. The molecule has 0 radical (unpaired) electrons. The molecule has 1 aliphatic rings. The summed E-state index contributed by atoms with van der Waals surface area (Å²) in [5.74, 6) is -0.419. The number of rotatable bonds is 6. The maximum atomic E-state index is 12.4. The van der Waals surface area contributed by atoms with E-state index in [4.69, 9.17) is 0 Å². The molecule has 0 aliphatic carbocycles. The van der Waals surface area contributed by atoms with Crippen molar-refractivity contribution in [3.63, 3.8) is 0 Å². The first-order valence-electron chi connectivity index (χ1n) is 8.84. The van der Waals surface area contributed by atoms with Crippen molar-refractivity contribution in [3.8, 4) is 0 Å². The number of nitro groups is 2. The monoisotopic (exact) mass is 411 g/mol. The van der Waals surface area contributed by atoms with Crippen LogP contribution in [0.15, 0.2) is 65.1 Å². The molecule has 0 aromatic heterocycles. The van der Waals surface area contributed by atoms with Gasteiger partial charge in [0.05, 0.1) is 26.3 Å². The lowest BCUT2D eigenvalue weighted by Crippen LogP contribution is -2.44. The van der Waals surface area contributed by atoms with E-state index < -0.39 is 27.8 Å². The van der Waals surface area contributed by atoms with Crippen LogP contribution in [0.1, 0.15) is 37.2 Å². The van der Waals surface area contributed by atoms with Crippen LogP contribution in [0.4, 0.5) is 11.4 Å². The third kappa shape index (κ3) is 3.48. The van der Waals surface area contributed by atoms with Gasteiger partial charge in [0.2, 0.25) is 0 Å². The Morgan fingerprint density at radius 2 is 1.50 bits per heavy atom. The smallest absolute Gasteiger partial charge is 0.276 e. The summed E-state index contributed by atoms with van der Waals surface area (Å²) in [5, 5.41) is 29.9. The van der Waals surface area contributed by atoms with Crippen molar-refractivity contribution in [2.24, 2.45) is 5.29 Å². The van der Waals surface area contributed by atoms with Gasteiger partial charge in [-0.1, -0.05) is 24.3 Å². The lowest BCUT2D eigenvalue weighted by molar-refractivity contribution is -0.386. The highest BCUT2D eigenvalue weighted by Gasteiger charge is 2.43. The number of hydrogen-bond donors (Lipinski definition) is 1. The lowest BCUT2D eigenvalue weighted by atomic mass is 9.89. The molecule has 0 amide bonds. The molecule has 30 heavy (non-hydrogen) atoms. The van der Waals surface area contributed by atoms with E-state index in [1.165, 1.54) is 43.3 Å². The fourth-order valence-electron chi connectivity index (χ4n) is 3.67. The Morgan fingerprint density at radius 1 is 1.00 bits per heavy atom. The second kappa shape index (κ2) is 8.07. The molecule has 2 aromatic carbocycles. The Kier molecular flexibility index (Phi) is 5.54. The van der Waals surface area contributed by atoms with Crippen LogP contribution in [0, 0.1) is 25.1 Å². The second-order valence-corrected chi connectivity index (χ2v) is 6.64. The molecule has 11 heteroatoms. The summed E-state index contributed by atoms with van der Waals surface area (Å²) in [6, 6.07) is 10.3. The molecule has 154 valence electrons. The number of carbonyl (C=O) groups excluding carboxylic acids is 1. The van der Waals surface area contributed by atoms with Gasteiger partial charge in [0.15, 0.2) is 11.9 Å². The van der Waals surface area contributed by atoms with E-state index in [0.717, 1.165) is 5.01 Å². The molecule has 0 saturated heterocycles. The first kappa shape index (κ1) is 20.6. The standard InChI is InChI=1S/C19H17N5O6/c1-11-17(12(2)25)18(13-7-3-5-9-15(13)23(27)28)22(21-26)19(20-11)14-8-4-6-10-16(14)24(29)30/h3-10,18-20H,1-2H3/t18-,19+/m1/s1. The average molecular weight is 411 g/mol. The van der Waals surface area contributed by atoms with Gasteiger partial charge in [-0.05, 0) is 26.0 Å². The molecule has 1 aliphatic heterocycles. The zero-order valence-corrected chi connectivity index (χ0v) is 16.0. The van der Waals surface area contributed by atoms with Gasteiger partial charge in [0.25, 0.3) is 11.4 Å². The topological polar surface area (TPSA) is 148 Å². The summed E-state index contributed by atoms with van der Waals surface area (Å²) < 4.78 is 0. The molecule has 2 aromatic rings. The van der Waals surface area contributed by atoms with E-state index in [9.17, 15) is 29.9 Å². The van der Waals surface area contributed by atoms with Gasteiger partial charge in [0, 0.05) is 23.4 Å². The number of allylic oxidation sites excluding steroid dienone is 1. The van der Waals surface area contributed by atoms with Crippen LogP contribution in [0.5, 0.6) is 0 Å². The van der Waals surface area contributed by atoms with Crippen molar-refractivity contribution >= 4 is 17.2 Å². The van der Waals surface area contributed by atoms with Crippen LogP contribution < -0.4 is 5.32 Å². The van der Waals surface area contributed by atoms with Crippen molar-refractivity contribution in [1.29, 1.82) is 0 Å². The van der Waals surface area contributed by atoms with Crippen molar-refractivity contribution in [2.75, 3.05) is 0 Å². The van der Waals surface area contributed by atoms with Gasteiger partial charge in [-0.3, -0.25) is 25.0 Å². The van der Waals surface area contributed by atoms with E-state index in [-0.39, 0.29) is 28.1 Å². The zero-order valence-electron chi connectivity index (χ0n) is 16.0. The molecular weight excluding hydrogens is 394 g/mol. The number of hydrogen-bond acceptors (Lipinski definition) is 8. The van der Waals surface area contributed by atoms with Crippen LogP contribution in [0.25, 0.3) is 0 Å². The average Bonchev–Trinajstić information content (AvgIpc) is 2.72. The molecule has 3 rings (SSSR count). The number of Topliss-reactive ketones (excluding diaryl/α,β-unsaturated/α-hetero) is 1. The maximum Gasteiger partial charge on any atom is 0.276 e. The molecule has 0 saturated carbocycles. The molecule has 1 N–H and O–H groups in total. The molecular formula is C19H17N5O6. The van der Waals surface area contributed by atoms with E-state index in [1.54, 1.807) is 19.1 Å². The number of benzene rings is 2. The SMILES string of the molecule is CC(=O)C1=C(C)N[C@H](c2ccccc2[N+](=O)[O-])N(N=O)[C@@H]1c1ccccc1[N+](=O)[O-]. The summed E-state index contributed by atoms with van der Waals surface area (Å²) in [5.41, 5.74) is 0.103. The molecule has 0 fully saturated rings. The highest BCUT2D eigenvalue weighted by atomic mass is 16.6. The van der Waals surface area contributed by atoms with Gasteiger partial charge >= 0.3 is 0 Å². The van der Waals surface area contributed by atoms with Gasteiger partial charge in [0.1, 0.15) is 6.04 Å². The third-order valence-electron chi connectivity index (χ3n) is 4.89. The lowest BCUT2D eigenvalue weighted by Gasteiger charge is -2.40. The summed E-state index contributed by atoms with van der Waals surface area (Å²) in [6.07, 6.45) is -1.11. The predicted molar refractivity (Wildman–Crippen MR) is 106 cm³/mol. The minimum Gasteiger partial charge on any atom is -0.363 e.